The number of aryl methyl sites for hydroxylation is 1. The monoisotopic (exact) mass is 259 g/mol. The van der Waals surface area contributed by atoms with Crippen LogP contribution in [0.5, 0.6) is 0 Å². The fourth-order valence-electron chi connectivity index (χ4n) is 1.91. The number of carboxylic acids is 1. The number of carboxylic acid groups (broad SMARTS) is 1. The van der Waals surface area contributed by atoms with Crippen LogP contribution < -0.4 is 0 Å². The maximum Gasteiger partial charge on any atom is 0.348 e. The molecular formula is C12H9N3O2S. The highest BCUT2D eigenvalue weighted by atomic mass is 32.1. The van der Waals surface area contributed by atoms with Crippen LogP contribution in [0.25, 0.3) is 16.2 Å². The predicted molar refractivity (Wildman–Crippen MR) is 68.0 cm³/mol. The Hall–Kier alpha value is -2.21. The van der Waals surface area contributed by atoms with Gasteiger partial charge in [-0.15, -0.1) is 0 Å². The van der Waals surface area contributed by atoms with Crippen molar-refractivity contribution in [3.8, 4) is 11.3 Å². The zero-order valence-corrected chi connectivity index (χ0v) is 10.3. The van der Waals surface area contributed by atoms with E-state index in [1.54, 1.807) is 24.7 Å². The first-order chi connectivity index (χ1) is 8.68. The van der Waals surface area contributed by atoms with E-state index in [-0.39, 0.29) is 4.88 Å². The summed E-state index contributed by atoms with van der Waals surface area (Å²) in [6.07, 6.45) is 5.05. The maximum absolute atomic E-state index is 11.3. The van der Waals surface area contributed by atoms with E-state index >= 15 is 0 Å². The number of carbonyl (C=O) groups is 1. The summed E-state index contributed by atoms with van der Waals surface area (Å²) in [5.74, 6) is -0.941. The highest BCUT2D eigenvalue weighted by Crippen LogP contribution is 2.32. The normalized spacial score (nSPS) is 10.9. The fraction of sp³-hybridized carbons (Fsp3) is 0.0833. The number of hydrogen-bond donors (Lipinski definition) is 1. The molecule has 0 spiro atoms. The summed E-state index contributed by atoms with van der Waals surface area (Å²) in [7, 11) is 0. The van der Waals surface area contributed by atoms with Gasteiger partial charge in [-0.25, -0.2) is 9.78 Å². The summed E-state index contributed by atoms with van der Waals surface area (Å²) >= 11 is 1.17. The summed E-state index contributed by atoms with van der Waals surface area (Å²) in [4.78, 5) is 20.5. The molecule has 3 aromatic rings. The predicted octanol–water partition coefficient (Wildman–Crippen LogP) is 2.46. The van der Waals surface area contributed by atoms with Gasteiger partial charge >= 0.3 is 5.97 Å². The Labute approximate surface area is 106 Å². The Kier molecular flexibility index (Phi) is 2.38. The number of fused-ring (bicyclic) bond motifs is 1. The summed E-state index contributed by atoms with van der Waals surface area (Å²) in [6, 6.07) is 3.64. The van der Waals surface area contributed by atoms with Crippen molar-refractivity contribution in [2.75, 3.05) is 0 Å². The fourth-order valence-corrected chi connectivity index (χ4v) is 2.92. The lowest BCUT2D eigenvalue weighted by Crippen LogP contribution is -1.98. The van der Waals surface area contributed by atoms with Crippen molar-refractivity contribution in [1.29, 1.82) is 0 Å². The number of rotatable bonds is 2. The van der Waals surface area contributed by atoms with Crippen LogP contribution in [0.1, 0.15) is 15.4 Å². The molecule has 18 heavy (non-hydrogen) atoms. The number of thiazole rings is 1. The molecule has 5 nitrogen and oxygen atoms in total. The van der Waals surface area contributed by atoms with Gasteiger partial charge in [0.1, 0.15) is 4.88 Å². The molecule has 90 valence electrons. The molecular weight excluding hydrogens is 250 g/mol. The van der Waals surface area contributed by atoms with Crippen LogP contribution >= 0.6 is 11.3 Å². The van der Waals surface area contributed by atoms with Crippen molar-refractivity contribution in [2.45, 2.75) is 6.92 Å². The van der Waals surface area contributed by atoms with Gasteiger partial charge in [-0.3, -0.25) is 9.38 Å². The summed E-state index contributed by atoms with van der Waals surface area (Å²) in [5, 5.41) is 9.29. The smallest absolute Gasteiger partial charge is 0.348 e. The van der Waals surface area contributed by atoms with E-state index in [0.717, 1.165) is 11.3 Å². The number of imidazole rings is 1. The molecule has 6 heteroatoms. The molecule has 0 saturated carbocycles. The van der Waals surface area contributed by atoms with Crippen molar-refractivity contribution in [3.05, 3.63) is 41.3 Å². The van der Waals surface area contributed by atoms with Gasteiger partial charge in [0.15, 0.2) is 4.96 Å². The first-order valence-corrected chi connectivity index (χ1v) is 6.10. The van der Waals surface area contributed by atoms with Crippen LogP contribution in [0, 0.1) is 6.92 Å². The van der Waals surface area contributed by atoms with Gasteiger partial charge in [0.2, 0.25) is 0 Å². The zero-order valence-electron chi connectivity index (χ0n) is 9.49. The van der Waals surface area contributed by atoms with Crippen LogP contribution in [-0.4, -0.2) is 25.4 Å². The van der Waals surface area contributed by atoms with Gasteiger partial charge in [-0.1, -0.05) is 11.3 Å². The topological polar surface area (TPSA) is 67.5 Å². The Morgan fingerprint density at radius 3 is 2.94 bits per heavy atom. The molecule has 0 saturated heterocycles. The van der Waals surface area contributed by atoms with Crippen LogP contribution in [-0.2, 0) is 0 Å². The van der Waals surface area contributed by atoms with E-state index in [4.69, 9.17) is 0 Å². The second kappa shape index (κ2) is 3.92. The van der Waals surface area contributed by atoms with E-state index < -0.39 is 5.97 Å². The number of aromatic nitrogens is 3. The van der Waals surface area contributed by atoms with Crippen molar-refractivity contribution in [2.24, 2.45) is 0 Å². The van der Waals surface area contributed by atoms with Crippen molar-refractivity contribution < 1.29 is 9.90 Å². The minimum Gasteiger partial charge on any atom is -0.477 e. The highest BCUT2D eigenvalue weighted by molar-refractivity contribution is 7.19. The lowest BCUT2D eigenvalue weighted by molar-refractivity contribution is 0.0702. The van der Waals surface area contributed by atoms with Crippen molar-refractivity contribution in [3.63, 3.8) is 0 Å². The van der Waals surface area contributed by atoms with E-state index in [0.29, 0.717) is 10.7 Å². The van der Waals surface area contributed by atoms with Gasteiger partial charge in [0, 0.05) is 29.8 Å². The van der Waals surface area contributed by atoms with Crippen molar-refractivity contribution in [1.82, 2.24) is 14.4 Å². The molecule has 0 unspecified atom stereocenters. The average molecular weight is 259 g/mol. The molecule has 0 bridgehead atoms. The maximum atomic E-state index is 11.3. The summed E-state index contributed by atoms with van der Waals surface area (Å²) in [6.45, 7) is 1.90. The van der Waals surface area contributed by atoms with E-state index in [1.165, 1.54) is 11.3 Å². The van der Waals surface area contributed by atoms with Gasteiger partial charge in [0.25, 0.3) is 0 Å². The molecule has 0 atom stereocenters. The van der Waals surface area contributed by atoms with Gasteiger partial charge in [0.05, 0.1) is 5.69 Å². The van der Waals surface area contributed by atoms with Crippen LogP contribution in [0.4, 0.5) is 0 Å². The minimum atomic E-state index is -0.941. The number of hydrogen-bond acceptors (Lipinski definition) is 4. The SMILES string of the molecule is Cc1cnc2sc(C(=O)O)c(-c3cccnc3)n12. The number of nitrogens with zero attached hydrogens (tertiary/aromatic N) is 3. The molecule has 0 aliphatic rings. The largest absolute Gasteiger partial charge is 0.477 e. The first-order valence-electron chi connectivity index (χ1n) is 5.29. The van der Waals surface area contributed by atoms with Gasteiger partial charge < -0.3 is 5.11 Å². The summed E-state index contributed by atoms with van der Waals surface area (Å²) in [5.41, 5.74) is 2.33. The Morgan fingerprint density at radius 1 is 1.44 bits per heavy atom. The van der Waals surface area contributed by atoms with E-state index in [2.05, 4.69) is 9.97 Å². The number of pyridine rings is 1. The second-order valence-electron chi connectivity index (χ2n) is 3.84. The molecule has 3 rings (SSSR count). The van der Waals surface area contributed by atoms with Crippen molar-refractivity contribution >= 4 is 22.3 Å². The molecule has 1 N–H and O–H groups in total. The van der Waals surface area contributed by atoms with Crippen LogP contribution in [0.15, 0.2) is 30.7 Å². The number of aromatic carboxylic acids is 1. The Morgan fingerprint density at radius 2 is 2.28 bits per heavy atom. The quantitative estimate of drug-likeness (QED) is 0.767. The van der Waals surface area contributed by atoms with Gasteiger partial charge in [-0.2, -0.15) is 0 Å². The third-order valence-electron chi connectivity index (χ3n) is 2.67. The van der Waals surface area contributed by atoms with Crippen LogP contribution in [0.2, 0.25) is 0 Å². The molecule has 0 aliphatic heterocycles. The lowest BCUT2D eigenvalue weighted by atomic mass is 10.2. The Balaban J connectivity index is 2.40. The molecule has 0 aliphatic carbocycles. The standard InChI is InChI=1S/C12H9N3O2S/c1-7-5-14-12-15(7)9(10(18-12)11(16)17)8-3-2-4-13-6-8/h2-6H,1H3,(H,16,17). The Bertz CT molecular complexity index is 730. The first kappa shape index (κ1) is 10.9. The molecule has 0 radical (unpaired) electrons. The second-order valence-corrected chi connectivity index (χ2v) is 4.82. The molecule has 0 aromatic carbocycles. The minimum absolute atomic E-state index is 0.286. The third kappa shape index (κ3) is 1.50. The lowest BCUT2D eigenvalue weighted by Gasteiger charge is -2.02. The zero-order chi connectivity index (χ0) is 12.7. The average Bonchev–Trinajstić information content (AvgIpc) is 2.91. The van der Waals surface area contributed by atoms with Crippen LogP contribution in [0.3, 0.4) is 0 Å². The summed E-state index contributed by atoms with van der Waals surface area (Å²) < 4.78 is 1.85. The third-order valence-corrected chi connectivity index (χ3v) is 3.71. The highest BCUT2D eigenvalue weighted by Gasteiger charge is 2.21. The van der Waals surface area contributed by atoms with Gasteiger partial charge in [-0.05, 0) is 19.1 Å². The van der Waals surface area contributed by atoms with E-state index in [1.807, 2.05) is 17.4 Å². The molecule has 0 amide bonds. The molecule has 3 aromatic heterocycles. The molecule has 0 fully saturated rings. The van der Waals surface area contributed by atoms with E-state index in [9.17, 15) is 9.90 Å². The molecule has 3 heterocycles.